The standard InChI is InChI=1S/C16H21N3O5S2/c1-12-6-4-5-7-15(12)25(20,21)18-8-10-19(11-9-18)26(22,23)16-13(2)17-24-14(16)3/h4-7H,8-11H2,1-3H3. The Balaban J connectivity index is 1.81. The summed E-state index contributed by atoms with van der Waals surface area (Å²) in [4.78, 5) is 0.315. The fraction of sp³-hybridized carbons (Fsp3) is 0.438. The SMILES string of the molecule is Cc1ccccc1S(=O)(=O)N1CCN(S(=O)(=O)c2c(C)noc2C)CC1. The average molecular weight is 399 g/mol. The first-order valence-corrected chi connectivity index (χ1v) is 11.0. The van der Waals surface area contributed by atoms with Gasteiger partial charge in [0.15, 0.2) is 5.76 Å². The molecule has 0 spiro atoms. The van der Waals surface area contributed by atoms with Gasteiger partial charge in [-0.25, -0.2) is 16.8 Å². The Bertz CT molecular complexity index is 1000. The smallest absolute Gasteiger partial charge is 0.248 e. The van der Waals surface area contributed by atoms with Gasteiger partial charge in [-0.15, -0.1) is 0 Å². The molecule has 1 aromatic heterocycles. The van der Waals surface area contributed by atoms with Crippen molar-refractivity contribution < 1.29 is 21.4 Å². The molecule has 0 N–H and O–H groups in total. The second-order valence-electron chi connectivity index (χ2n) is 6.23. The van der Waals surface area contributed by atoms with E-state index in [1.165, 1.54) is 8.61 Å². The van der Waals surface area contributed by atoms with E-state index < -0.39 is 20.0 Å². The van der Waals surface area contributed by atoms with Gasteiger partial charge in [0.05, 0.1) is 4.90 Å². The van der Waals surface area contributed by atoms with Crippen LogP contribution in [0.5, 0.6) is 0 Å². The lowest BCUT2D eigenvalue weighted by Crippen LogP contribution is -2.50. The van der Waals surface area contributed by atoms with Crippen molar-refractivity contribution in [2.45, 2.75) is 30.6 Å². The molecule has 1 fully saturated rings. The maximum Gasteiger partial charge on any atom is 0.248 e. The van der Waals surface area contributed by atoms with Gasteiger partial charge in [-0.2, -0.15) is 8.61 Å². The number of benzene rings is 1. The van der Waals surface area contributed by atoms with E-state index in [0.717, 1.165) is 0 Å². The molecule has 142 valence electrons. The maximum atomic E-state index is 12.8. The highest BCUT2D eigenvalue weighted by Crippen LogP contribution is 2.26. The molecule has 0 unspecified atom stereocenters. The number of hydrogen-bond donors (Lipinski definition) is 0. The monoisotopic (exact) mass is 399 g/mol. The summed E-state index contributed by atoms with van der Waals surface area (Å²) in [6, 6.07) is 6.77. The third-order valence-corrected chi connectivity index (χ3v) is 8.68. The highest BCUT2D eigenvalue weighted by molar-refractivity contribution is 7.89. The molecule has 8 nitrogen and oxygen atoms in total. The zero-order chi connectivity index (χ0) is 19.1. The van der Waals surface area contributed by atoms with Crippen LogP contribution in [-0.2, 0) is 20.0 Å². The second-order valence-corrected chi connectivity index (χ2v) is 10.0. The predicted octanol–water partition coefficient (Wildman–Crippen LogP) is 1.30. The van der Waals surface area contributed by atoms with Crippen LogP contribution in [0.3, 0.4) is 0 Å². The molecular weight excluding hydrogens is 378 g/mol. The molecule has 0 atom stereocenters. The number of nitrogens with zero attached hydrogens (tertiary/aromatic N) is 3. The first kappa shape index (κ1) is 19.0. The summed E-state index contributed by atoms with van der Waals surface area (Å²) in [5.41, 5.74) is 0.968. The first-order chi connectivity index (χ1) is 12.2. The molecule has 2 heterocycles. The minimum absolute atomic E-state index is 0.0627. The Labute approximate surface area is 153 Å². The van der Waals surface area contributed by atoms with E-state index in [9.17, 15) is 16.8 Å². The maximum absolute atomic E-state index is 12.8. The van der Waals surface area contributed by atoms with E-state index in [4.69, 9.17) is 4.52 Å². The lowest BCUT2D eigenvalue weighted by Gasteiger charge is -2.33. The Kier molecular flexibility index (Phi) is 4.95. The molecule has 0 aliphatic carbocycles. The third-order valence-electron chi connectivity index (χ3n) is 4.47. The van der Waals surface area contributed by atoms with Crippen molar-refractivity contribution in [2.24, 2.45) is 0 Å². The van der Waals surface area contributed by atoms with Gasteiger partial charge in [-0.05, 0) is 32.4 Å². The molecule has 0 amide bonds. The van der Waals surface area contributed by atoms with Crippen LogP contribution in [0.2, 0.25) is 0 Å². The van der Waals surface area contributed by atoms with Gasteiger partial charge < -0.3 is 4.52 Å². The Morgan fingerprint density at radius 1 is 0.885 bits per heavy atom. The molecule has 0 radical (unpaired) electrons. The fourth-order valence-corrected chi connectivity index (χ4v) is 6.47. The fourth-order valence-electron chi connectivity index (χ4n) is 3.11. The Morgan fingerprint density at radius 2 is 1.42 bits per heavy atom. The van der Waals surface area contributed by atoms with Gasteiger partial charge in [0.25, 0.3) is 0 Å². The number of aromatic nitrogens is 1. The molecule has 1 aliphatic rings. The Morgan fingerprint density at radius 3 is 1.92 bits per heavy atom. The number of rotatable bonds is 4. The number of hydrogen-bond acceptors (Lipinski definition) is 6. The van der Waals surface area contributed by atoms with Crippen molar-refractivity contribution >= 4 is 20.0 Å². The molecule has 0 saturated carbocycles. The van der Waals surface area contributed by atoms with E-state index in [1.807, 2.05) is 0 Å². The molecule has 1 aromatic carbocycles. The topological polar surface area (TPSA) is 101 Å². The van der Waals surface area contributed by atoms with Gasteiger partial charge in [-0.3, -0.25) is 0 Å². The highest BCUT2D eigenvalue weighted by atomic mass is 32.2. The van der Waals surface area contributed by atoms with E-state index in [0.29, 0.717) is 11.3 Å². The van der Waals surface area contributed by atoms with Crippen LogP contribution in [-0.4, -0.2) is 56.8 Å². The number of piperazine rings is 1. The van der Waals surface area contributed by atoms with Crippen LogP contribution in [0.25, 0.3) is 0 Å². The summed E-state index contributed by atoms with van der Waals surface area (Å²) in [6.45, 7) is 5.21. The van der Waals surface area contributed by atoms with Crippen LogP contribution in [0, 0.1) is 20.8 Å². The van der Waals surface area contributed by atoms with Gasteiger partial charge in [0, 0.05) is 26.2 Å². The molecule has 3 rings (SSSR count). The van der Waals surface area contributed by atoms with Crippen molar-refractivity contribution in [2.75, 3.05) is 26.2 Å². The van der Waals surface area contributed by atoms with Gasteiger partial charge >= 0.3 is 0 Å². The normalized spacial score (nSPS) is 17.5. The molecule has 1 aliphatic heterocycles. The number of sulfonamides is 2. The quantitative estimate of drug-likeness (QED) is 0.768. The lowest BCUT2D eigenvalue weighted by atomic mass is 10.2. The second kappa shape index (κ2) is 6.76. The first-order valence-electron chi connectivity index (χ1n) is 8.14. The Hall–Kier alpha value is -1.75. The largest absolute Gasteiger partial charge is 0.360 e. The van der Waals surface area contributed by atoms with Crippen LogP contribution in [0.4, 0.5) is 0 Å². The predicted molar refractivity (Wildman–Crippen MR) is 94.7 cm³/mol. The molecule has 2 aromatic rings. The van der Waals surface area contributed by atoms with Gasteiger partial charge in [-0.1, -0.05) is 23.4 Å². The van der Waals surface area contributed by atoms with Crippen molar-refractivity contribution in [3.63, 3.8) is 0 Å². The van der Waals surface area contributed by atoms with Crippen molar-refractivity contribution in [3.05, 3.63) is 41.3 Å². The zero-order valence-corrected chi connectivity index (χ0v) is 16.5. The van der Waals surface area contributed by atoms with Crippen LogP contribution in [0.1, 0.15) is 17.0 Å². The van der Waals surface area contributed by atoms with Gasteiger partial charge in [0.1, 0.15) is 10.6 Å². The summed E-state index contributed by atoms with van der Waals surface area (Å²) in [7, 11) is -7.42. The van der Waals surface area contributed by atoms with E-state index in [2.05, 4.69) is 5.16 Å². The molecule has 0 bridgehead atoms. The number of aryl methyl sites for hydroxylation is 3. The zero-order valence-electron chi connectivity index (χ0n) is 14.8. The van der Waals surface area contributed by atoms with Crippen LogP contribution >= 0.6 is 0 Å². The minimum Gasteiger partial charge on any atom is -0.360 e. The summed E-state index contributed by atoms with van der Waals surface area (Å²) >= 11 is 0. The molecule has 10 heteroatoms. The molecule has 26 heavy (non-hydrogen) atoms. The van der Waals surface area contributed by atoms with Crippen molar-refractivity contribution in [1.29, 1.82) is 0 Å². The summed E-state index contributed by atoms with van der Waals surface area (Å²) in [5, 5.41) is 3.69. The molecular formula is C16H21N3O5S2. The van der Waals surface area contributed by atoms with E-state index >= 15 is 0 Å². The van der Waals surface area contributed by atoms with E-state index in [-0.39, 0.29) is 41.7 Å². The summed E-state index contributed by atoms with van der Waals surface area (Å²) in [5.74, 6) is 0.234. The van der Waals surface area contributed by atoms with Crippen LogP contribution < -0.4 is 0 Å². The molecule has 1 saturated heterocycles. The average Bonchev–Trinajstić information content (AvgIpc) is 2.94. The summed E-state index contributed by atoms with van der Waals surface area (Å²) < 4.78 is 58.9. The van der Waals surface area contributed by atoms with Crippen molar-refractivity contribution in [1.82, 2.24) is 13.8 Å². The summed E-state index contributed by atoms with van der Waals surface area (Å²) in [6.07, 6.45) is 0. The lowest BCUT2D eigenvalue weighted by molar-refractivity contribution is 0.272. The van der Waals surface area contributed by atoms with Crippen LogP contribution in [0.15, 0.2) is 38.6 Å². The van der Waals surface area contributed by atoms with E-state index in [1.54, 1.807) is 45.0 Å². The third kappa shape index (κ3) is 3.18. The van der Waals surface area contributed by atoms with Gasteiger partial charge in [0.2, 0.25) is 20.0 Å². The minimum atomic E-state index is -3.77. The highest BCUT2D eigenvalue weighted by Gasteiger charge is 2.36. The van der Waals surface area contributed by atoms with Crippen molar-refractivity contribution in [3.8, 4) is 0 Å².